The highest BCUT2D eigenvalue weighted by molar-refractivity contribution is 5.77. The summed E-state index contributed by atoms with van der Waals surface area (Å²) in [6.07, 6.45) is 4.52. The summed E-state index contributed by atoms with van der Waals surface area (Å²) >= 11 is 0. The fraction of sp³-hybridized carbons (Fsp3) is 0. The molecule has 0 spiro atoms. The molecule has 0 bridgehead atoms. The summed E-state index contributed by atoms with van der Waals surface area (Å²) in [6.45, 7) is 0. The number of aromatic nitrogens is 3. The number of fused-ring (bicyclic) bond motifs is 1. The van der Waals surface area contributed by atoms with E-state index in [0.717, 1.165) is 22.3 Å². The molecule has 2 heterocycles. The van der Waals surface area contributed by atoms with Gasteiger partial charge in [0.25, 0.3) is 0 Å². The van der Waals surface area contributed by atoms with Crippen LogP contribution in [-0.2, 0) is 0 Å². The third kappa shape index (κ3) is 1.38. The molecule has 71 valence electrons. The Kier molecular flexibility index (Phi) is 1.75. The lowest BCUT2D eigenvalue weighted by Crippen LogP contribution is -1.81. The normalized spacial score (nSPS) is 10.7. The SMILES string of the molecule is [c]1nc2cc(-c3ccccc3)cnc2[nH]1. The van der Waals surface area contributed by atoms with Gasteiger partial charge in [-0.2, -0.15) is 0 Å². The van der Waals surface area contributed by atoms with Gasteiger partial charge in [-0.3, -0.25) is 0 Å². The van der Waals surface area contributed by atoms with Crippen molar-refractivity contribution < 1.29 is 0 Å². The molecule has 1 N–H and O–H groups in total. The minimum absolute atomic E-state index is 0.773. The van der Waals surface area contributed by atoms with Crippen molar-refractivity contribution in [2.75, 3.05) is 0 Å². The zero-order chi connectivity index (χ0) is 10.1. The Balaban J connectivity index is 2.19. The topological polar surface area (TPSA) is 41.6 Å². The Morgan fingerprint density at radius 2 is 1.93 bits per heavy atom. The van der Waals surface area contributed by atoms with Crippen LogP contribution in [0.5, 0.6) is 0 Å². The lowest BCUT2D eigenvalue weighted by molar-refractivity contribution is 1.29. The van der Waals surface area contributed by atoms with Crippen LogP contribution in [0.2, 0.25) is 0 Å². The lowest BCUT2D eigenvalue weighted by Gasteiger charge is -1.99. The van der Waals surface area contributed by atoms with Crippen LogP contribution in [0.4, 0.5) is 0 Å². The van der Waals surface area contributed by atoms with Gasteiger partial charge in [-0.05, 0) is 11.6 Å². The Labute approximate surface area is 86.8 Å². The van der Waals surface area contributed by atoms with Crippen molar-refractivity contribution in [2.24, 2.45) is 0 Å². The molecule has 3 nitrogen and oxygen atoms in total. The highest BCUT2D eigenvalue weighted by Gasteiger charge is 2.01. The molecule has 0 amide bonds. The minimum atomic E-state index is 0.773. The van der Waals surface area contributed by atoms with E-state index < -0.39 is 0 Å². The highest BCUT2D eigenvalue weighted by Crippen LogP contribution is 2.20. The number of nitrogens with one attached hydrogen (secondary N) is 1. The molecule has 0 unspecified atom stereocenters. The van der Waals surface area contributed by atoms with Crippen LogP contribution in [0, 0.1) is 6.33 Å². The maximum Gasteiger partial charge on any atom is 0.175 e. The zero-order valence-electron chi connectivity index (χ0n) is 7.94. The fourth-order valence-electron chi connectivity index (χ4n) is 1.56. The maximum absolute atomic E-state index is 4.27. The largest absolute Gasteiger partial charge is 0.320 e. The van der Waals surface area contributed by atoms with Gasteiger partial charge in [0, 0.05) is 11.8 Å². The molecular weight excluding hydrogens is 186 g/mol. The van der Waals surface area contributed by atoms with Gasteiger partial charge in [0.1, 0.15) is 5.52 Å². The van der Waals surface area contributed by atoms with E-state index in [0.29, 0.717) is 0 Å². The van der Waals surface area contributed by atoms with Gasteiger partial charge in [0.05, 0.1) is 0 Å². The van der Waals surface area contributed by atoms with Crippen molar-refractivity contribution in [1.82, 2.24) is 15.0 Å². The van der Waals surface area contributed by atoms with E-state index in [-0.39, 0.29) is 0 Å². The van der Waals surface area contributed by atoms with Crippen LogP contribution in [-0.4, -0.2) is 15.0 Å². The average molecular weight is 194 g/mol. The molecule has 15 heavy (non-hydrogen) atoms. The summed E-state index contributed by atoms with van der Waals surface area (Å²) in [7, 11) is 0. The summed E-state index contributed by atoms with van der Waals surface area (Å²) in [5.74, 6) is 0. The van der Waals surface area contributed by atoms with Crippen LogP contribution in [0.15, 0.2) is 42.6 Å². The number of benzene rings is 1. The summed E-state index contributed by atoms with van der Waals surface area (Å²) in [5, 5.41) is 0. The van der Waals surface area contributed by atoms with Gasteiger partial charge in [-0.25, -0.2) is 9.97 Å². The van der Waals surface area contributed by atoms with Crippen molar-refractivity contribution in [3.63, 3.8) is 0 Å². The van der Waals surface area contributed by atoms with Crippen LogP contribution >= 0.6 is 0 Å². The Bertz CT molecular complexity index is 584. The number of H-pyrrole nitrogens is 1. The maximum atomic E-state index is 4.27. The summed E-state index contributed by atoms with van der Waals surface area (Å²) in [6, 6.07) is 12.1. The predicted molar refractivity (Wildman–Crippen MR) is 58.2 cm³/mol. The predicted octanol–water partition coefficient (Wildman–Crippen LogP) is 2.43. The van der Waals surface area contributed by atoms with Crippen molar-refractivity contribution in [3.05, 3.63) is 48.9 Å². The van der Waals surface area contributed by atoms with E-state index >= 15 is 0 Å². The number of aromatic amines is 1. The smallest absolute Gasteiger partial charge is 0.175 e. The average Bonchev–Trinajstić information content (AvgIpc) is 2.77. The van der Waals surface area contributed by atoms with E-state index in [4.69, 9.17) is 0 Å². The van der Waals surface area contributed by atoms with Crippen molar-refractivity contribution in [2.45, 2.75) is 0 Å². The van der Waals surface area contributed by atoms with Gasteiger partial charge in [0.2, 0.25) is 0 Å². The molecular formula is C12H8N3. The van der Waals surface area contributed by atoms with Crippen LogP contribution < -0.4 is 0 Å². The third-order valence-corrected chi connectivity index (χ3v) is 2.33. The van der Waals surface area contributed by atoms with Crippen molar-refractivity contribution in [3.8, 4) is 11.1 Å². The third-order valence-electron chi connectivity index (χ3n) is 2.33. The molecule has 0 atom stereocenters. The molecule has 0 saturated heterocycles. The van der Waals surface area contributed by atoms with Crippen LogP contribution in [0.1, 0.15) is 0 Å². The molecule has 1 radical (unpaired) electrons. The standard InChI is InChI=1S/C12H8N3/c1-2-4-9(5-3-1)10-6-11-12(13-7-10)15-8-14-11/h1-7H,(H,13,14,15). The molecule has 0 aliphatic rings. The van der Waals surface area contributed by atoms with Gasteiger partial charge in [-0.1, -0.05) is 30.3 Å². The molecule has 0 saturated carbocycles. The first-order chi connectivity index (χ1) is 7.43. The first kappa shape index (κ1) is 8.17. The van der Waals surface area contributed by atoms with Crippen molar-refractivity contribution in [1.29, 1.82) is 0 Å². The second kappa shape index (κ2) is 3.20. The molecule has 3 heteroatoms. The molecule has 3 rings (SSSR count). The molecule has 1 aromatic carbocycles. The van der Waals surface area contributed by atoms with E-state index in [9.17, 15) is 0 Å². The number of hydrogen-bond acceptors (Lipinski definition) is 2. The summed E-state index contributed by atoms with van der Waals surface area (Å²) in [4.78, 5) is 11.2. The highest BCUT2D eigenvalue weighted by atomic mass is 14.9. The van der Waals surface area contributed by atoms with Gasteiger partial charge in [0.15, 0.2) is 12.0 Å². The molecule has 2 aromatic heterocycles. The van der Waals surface area contributed by atoms with E-state index in [1.165, 1.54) is 0 Å². The number of nitrogens with zero attached hydrogens (tertiary/aromatic N) is 2. The minimum Gasteiger partial charge on any atom is -0.320 e. The summed E-state index contributed by atoms with van der Waals surface area (Å²) in [5.41, 5.74) is 3.84. The van der Waals surface area contributed by atoms with Crippen LogP contribution in [0.3, 0.4) is 0 Å². The number of imidazole rings is 1. The molecule has 0 fully saturated rings. The Morgan fingerprint density at radius 3 is 2.80 bits per heavy atom. The second-order valence-electron chi connectivity index (χ2n) is 3.31. The Morgan fingerprint density at radius 1 is 1.07 bits per heavy atom. The molecule has 3 aromatic rings. The monoisotopic (exact) mass is 194 g/mol. The first-order valence-electron chi connectivity index (χ1n) is 4.71. The Hall–Kier alpha value is -2.16. The van der Waals surface area contributed by atoms with E-state index in [1.54, 1.807) is 0 Å². The number of hydrogen-bond donors (Lipinski definition) is 1. The number of pyridine rings is 1. The summed E-state index contributed by atoms with van der Waals surface area (Å²) < 4.78 is 0. The molecule has 0 aliphatic carbocycles. The first-order valence-corrected chi connectivity index (χ1v) is 4.71. The lowest BCUT2D eigenvalue weighted by atomic mass is 10.1. The van der Waals surface area contributed by atoms with Gasteiger partial charge in [-0.15, -0.1) is 0 Å². The van der Waals surface area contributed by atoms with E-state index in [1.807, 2.05) is 30.5 Å². The van der Waals surface area contributed by atoms with Gasteiger partial charge >= 0.3 is 0 Å². The van der Waals surface area contributed by atoms with Crippen molar-refractivity contribution >= 4 is 11.2 Å². The van der Waals surface area contributed by atoms with E-state index in [2.05, 4.69) is 33.4 Å². The quantitative estimate of drug-likeness (QED) is 0.646. The zero-order valence-corrected chi connectivity index (χ0v) is 7.94. The fourth-order valence-corrected chi connectivity index (χ4v) is 1.56. The second-order valence-corrected chi connectivity index (χ2v) is 3.31. The van der Waals surface area contributed by atoms with Crippen LogP contribution in [0.25, 0.3) is 22.3 Å². The van der Waals surface area contributed by atoms with Gasteiger partial charge < -0.3 is 4.98 Å². The molecule has 0 aliphatic heterocycles. The number of rotatable bonds is 1.